The second kappa shape index (κ2) is 5.19. The van der Waals surface area contributed by atoms with Crippen molar-refractivity contribution in [1.29, 1.82) is 0 Å². The lowest BCUT2D eigenvalue weighted by Gasteiger charge is -2.21. The van der Waals surface area contributed by atoms with Crippen molar-refractivity contribution in [3.63, 3.8) is 0 Å². The molecule has 16 heavy (non-hydrogen) atoms. The predicted octanol–water partition coefficient (Wildman–Crippen LogP) is 3.18. The normalized spacial score (nSPS) is 14.9. The predicted molar refractivity (Wildman–Crippen MR) is 68.4 cm³/mol. The lowest BCUT2D eigenvalue weighted by atomic mass is 10.2. The molecule has 4 heteroatoms. The van der Waals surface area contributed by atoms with Crippen LogP contribution < -0.4 is 0 Å². The molecule has 1 aliphatic rings. The summed E-state index contributed by atoms with van der Waals surface area (Å²) in [7, 11) is 0. The third-order valence-electron chi connectivity index (χ3n) is 2.69. The molecule has 86 valence electrons. The minimum Gasteiger partial charge on any atom is -0.334 e. The summed E-state index contributed by atoms with van der Waals surface area (Å²) in [4.78, 5) is 13.5. The summed E-state index contributed by atoms with van der Waals surface area (Å²) < 4.78 is 1.05. The van der Waals surface area contributed by atoms with Gasteiger partial charge in [0.05, 0.1) is 0 Å². The summed E-state index contributed by atoms with van der Waals surface area (Å²) in [5.74, 6) is 0.111. The van der Waals surface area contributed by atoms with Crippen molar-refractivity contribution in [1.82, 2.24) is 4.90 Å². The van der Waals surface area contributed by atoms with Crippen LogP contribution in [0.5, 0.6) is 0 Å². The lowest BCUT2D eigenvalue weighted by molar-refractivity contribution is -0.129. The Morgan fingerprint density at radius 2 is 2.00 bits per heavy atom. The summed E-state index contributed by atoms with van der Waals surface area (Å²) in [6.07, 6.45) is 2.22. The molecule has 1 amide bonds. The first-order valence-electron chi connectivity index (χ1n) is 5.30. The zero-order valence-corrected chi connectivity index (χ0v) is 11.2. The molecular formula is C12H13BrClNO. The van der Waals surface area contributed by atoms with Gasteiger partial charge in [0.2, 0.25) is 5.91 Å². The van der Waals surface area contributed by atoms with Crippen LogP contribution in [0.2, 0.25) is 0 Å². The summed E-state index contributed by atoms with van der Waals surface area (Å²) in [6, 6.07) is 8.45. The highest BCUT2D eigenvalue weighted by atomic mass is 79.9. The second-order valence-corrected chi connectivity index (χ2v) is 5.20. The van der Waals surface area contributed by atoms with Crippen LogP contribution in [0.1, 0.15) is 18.4 Å². The molecular weight excluding hydrogens is 289 g/mol. The van der Waals surface area contributed by atoms with Gasteiger partial charge in [-0.3, -0.25) is 4.79 Å². The number of nitrogens with zero attached hydrogens (tertiary/aromatic N) is 1. The number of alkyl halides is 1. The Labute approximate surface area is 109 Å². The second-order valence-electron chi connectivity index (χ2n) is 4.01. The molecule has 0 bridgehead atoms. The topological polar surface area (TPSA) is 20.3 Å². The first-order valence-corrected chi connectivity index (χ1v) is 6.63. The van der Waals surface area contributed by atoms with Gasteiger partial charge in [-0.1, -0.05) is 28.1 Å². The first-order chi connectivity index (χ1) is 7.70. The standard InChI is InChI=1S/C12H13BrClNO/c13-10-3-1-9(2-4-10)8-15(11-5-6-11)12(16)7-14/h1-4,11H,5-8H2. The highest BCUT2D eigenvalue weighted by Crippen LogP contribution is 2.28. The average molecular weight is 303 g/mol. The van der Waals surface area contributed by atoms with E-state index in [4.69, 9.17) is 11.6 Å². The molecule has 1 aromatic rings. The SMILES string of the molecule is O=C(CCl)N(Cc1ccc(Br)cc1)C1CC1. The third-order valence-corrected chi connectivity index (χ3v) is 3.45. The summed E-state index contributed by atoms with van der Waals surface area (Å²) in [5, 5.41) is 0. The number of benzene rings is 1. The molecule has 0 atom stereocenters. The van der Waals surface area contributed by atoms with Gasteiger partial charge < -0.3 is 4.90 Å². The van der Waals surface area contributed by atoms with Crippen LogP contribution in [0, 0.1) is 0 Å². The number of carbonyl (C=O) groups is 1. The van der Waals surface area contributed by atoms with Crippen LogP contribution in [0.3, 0.4) is 0 Å². The zero-order chi connectivity index (χ0) is 11.5. The lowest BCUT2D eigenvalue weighted by Crippen LogP contribution is -2.33. The third kappa shape index (κ3) is 2.98. The maximum atomic E-state index is 11.6. The molecule has 0 radical (unpaired) electrons. The monoisotopic (exact) mass is 301 g/mol. The number of carbonyl (C=O) groups excluding carboxylic acids is 1. The van der Waals surface area contributed by atoms with Crippen molar-refractivity contribution >= 4 is 33.4 Å². The van der Waals surface area contributed by atoms with Crippen LogP contribution >= 0.6 is 27.5 Å². The molecule has 1 fully saturated rings. The Morgan fingerprint density at radius 3 is 2.50 bits per heavy atom. The highest BCUT2D eigenvalue weighted by Gasteiger charge is 2.31. The molecule has 0 aliphatic heterocycles. The average Bonchev–Trinajstić information content (AvgIpc) is 3.11. The summed E-state index contributed by atoms with van der Waals surface area (Å²) >= 11 is 9.01. The summed E-state index contributed by atoms with van der Waals surface area (Å²) in [5.41, 5.74) is 1.15. The van der Waals surface area contributed by atoms with Crippen molar-refractivity contribution < 1.29 is 4.79 Å². The molecule has 1 saturated carbocycles. The van der Waals surface area contributed by atoms with Gasteiger partial charge >= 0.3 is 0 Å². The number of amides is 1. The van der Waals surface area contributed by atoms with E-state index in [9.17, 15) is 4.79 Å². The van der Waals surface area contributed by atoms with Crippen LogP contribution in [0.25, 0.3) is 0 Å². The van der Waals surface area contributed by atoms with E-state index in [1.165, 1.54) is 0 Å². The highest BCUT2D eigenvalue weighted by molar-refractivity contribution is 9.10. The molecule has 0 N–H and O–H groups in total. The molecule has 0 aromatic heterocycles. The smallest absolute Gasteiger partial charge is 0.238 e. The molecule has 2 rings (SSSR count). The van der Waals surface area contributed by atoms with Crippen molar-refractivity contribution in [2.24, 2.45) is 0 Å². The van der Waals surface area contributed by atoms with E-state index in [0.717, 1.165) is 22.9 Å². The van der Waals surface area contributed by atoms with Gasteiger partial charge in [0.1, 0.15) is 5.88 Å². The van der Waals surface area contributed by atoms with Gasteiger partial charge in [-0.05, 0) is 30.5 Å². The zero-order valence-electron chi connectivity index (χ0n) is 8.83. The van der Waals surface area contributed by atoms with Crippen molar-refractivity contribution in [3.05, 3.63) is 34.3 Å². The van der Waals surface area contributed by atoms with E-state index in [1.807, 2.05) is 29.2 Å². The Balaban J connectivity index is 2.05. The Bertz CT molecular complexity index is 375. The molecule has 0 heterocycles. The van der Waals surface area contributed by atoms with Gasteiger partial charge in [0.25, 0.3) is 0 Å². The van der Waals surface area contributed by atoms with E-state index >= 15 is 0 Å². The fourth-order valence-corrected chi connectivity index (χ4v) is 2.09. The number of rotatable bonds is 4. The van der Waals surface area contributed by atoms with Gasteiger partial charge in [-0.25, -0.2) is 0 Å². The number of hydrogen-bond acceptors (Lipinski definition) is 1. The largest absolute Gasteiger partial charge is 0.334 e. The summed E-state index contributed by atoms with van der Waals surface area (Å²) in [6.45, 7) is 0.670. The number of halogens is 2. The Hall–Kier alpha value is -0.540. The molecule has 1 aliphatic carbocycles. The van der Waals surface area contributed by atoms with Crippen LogP contribution in [0.4, 0.5) is 0 Å². The molecule has 0 unspecified atom stereocenters. The van der Waals surface area contributed by atoms with Gasteiger partial charge in [-0.15, -0.1) is 11.6 Å². The van der Waals surface area contributed by atoms with E-state index in [1.54, 1.807) is 0 Å². The van der Waals surface area contributed by atoms with Crippen LogP contribution in [-0.4, -0.2) is 22.7 Å². The Kier molecular flexibility index (Phi) is 3.87. The molecule has 2 nitrogen and oxygen atoms in total. The van der Waals surface area contributed by atoms with E-state index in [2.05, 4.69) is 15.9 Å². The van der Waals surface area contributed by atoms with E-state index in [-0.39, 0.29) is 11.8 Å². The number of hydrogen-bond donors (Lipinski definition) is 0. The quantitative estimate of drug-likeness (QED) is 0.782. The van der Waals surface area contributed by atoms with E-state index in [0.29, 0.717) is 12.6 Å². The maximum Gasteiger partial charge on any atom is 0.238 e. The fourth-order valence-electron chi connectivity index (χ4n) is 1.67. The fraction of sp³-hybridized carbons (Fsp3) is 0.417. The van der Waals surface area contributed by atoms with Crippen molar-refractivity contribution in [2.45, 2.75) is 25.4 Å². The van der Waals surface area contributed by atoms with Crippen LogP contribution in [0.15, 0.2) is 28.7 Å². The van der Waals surface area contributed by atoms with Crippen molar-refractivity contribution in [3.8, 4) is 0 Å². The molecule has 0 spiro atoms. The first kappa shape index (κ1) is 11.9. The Morgan fingerprint density at radius 1 is 1.38 bits per heavy atom. The van der Waals surface area contributed by atoms with Gasteiger partial charge in [-0.2, -0.15) is 0 Å². The molecule has 0 saturated heterocycles. The minimum atomic E-state index is 0.0343. The van der Waals surface area contributed by atoms with Crippen molar-refractivity contribution in [2.75, 3.05) is 5.88 Å². The van der Waals surface area contributed by atoms with E-state index < -0.39 is 0 Å². The maximum absolute atomic E-state index is 11.6. The minimum absolute atomic E-state index is 0.0343. The van der Waals surface area contributed by atoms with Gasteiger partial charge in [0, 0.05) is 17.1 Å². The van der Waals surface area contributed by atoms with Gasteiger partial charge in [0.15, 0.2) is 0 Å². The van der Waals surface area contributed by atoms with Crippen LogP contribution in [-0.2, 0) is 11.3 Å². The molecule has 1 aromatic carbocycles.